The fraction of sp³-hybridized carbons (Fsp3) is 0.600. The van der Waals surface area contributed by atoms with E-state index < -0.39 is 0 Å². The molecule has 6 nitrogen and oxygen atoms in total. The Kier molecular flexibility index (Phi) is 8.23. The van der Waals surface area contributed by atoms with Crippen molar-refractivity contribution in [2.75, 3.05) is 33.8 Å². The van der Waals surface area contributed by atoms with Gasteiger partial charge in [0.15, 0.2) is 5.96 Å². The van der Waals surface area contributed by atoms with Gasteiger partial charge in [-0.25, -0.2) is 0 Å². The monoisotopic (exact) mass is 394 g/mol. The molecule has 2 N–H and O–H groups in total. The standard InChI is InChI=1S/C20H31ClN4O2/c1-14(2)19(26)25-11-8-16(9-12-25)24-20(22-3)23-10-7-15-5-6-17(27-4)13-18(15)21/h5-6,13-14,16H,7-12H2,1-4H3,(H2,22,23,24). The maximum atomic E-state index is 12.1. The van der Waals surface area contributed by atoms with Crippen LogP contribution in [0, 0.1) is 5.92 Å². The molecule has 0 bridgehead atoms. The molecule has 1 fully saturated rings. The van der Waals surface area contributed by atoms with Gasteiger partial charge in [-0.15, -0.1) is 0 Å². The van der Waals surface area contributed by atoms with Crippen LogP contribution in [0.1, 0.15) is 32.3 Å². The van der Waals surface area contributed by atoms with Crippen molar-refractivity contribution < 1.29 is 9.53 Å². The van der Waals surface area contributed by atoms with E-state index in [0.29, 0.717) is 11.1 Å². The van der Waals surface area contributed by atoms with Crippen molar-refractivity contribution in [2.24, 2.45) is 10.9 Å². The molecule has 1 aliphatic rings. The number of nitrogens with one attached hydrogen (secondary N) is 2. The number of nitrogens with zero attached hydrogens (tertiary/aromatic N) is 2. The number of piperidine rings is 1. The number of methoxy groups -OCH3 is 1. The zero-order chi connectivity index (χ0) is 19.8. The average Bonchev–Trinajstić information content (AvgIpc) is 2.68. The number of ether oxygens (including phenoxy) is 1. The van der Waals surface area contributed by atoms with Crippen molar-refractivity contribution in [1.29, 1.82) is 0 Å². The van der Waals surface area contributed by atoms with Gasteiger partial charge in [0.2, 0.25) is 5.91 Å². The molecule has 2 rings (SSSR count). The van der Waals surface area contributed by atoms with Gasteiger partial charge in [-0.2, -0.15) is 0 Å². The Bertz CT molecular complexity index is 655. The Morgan fingerprint density at radius 3 is 2.63 bits per heavy atom. The second-order valence-electron chi connectivity index (χ2n) is 7.10. The second-order valence-corrected chi connectivity index (χ2v) is 7.51. The largest absolute Gasteiger partial charge is 0.497 e. The zero-order valence-corrected chi connectivity index (χ0v) is 17.5. The highest BCUT2D eigenvalue weighted by molar-refractivity contribution is 6.31. The molecule has 7 heteroatoms. The highest BCUT2D eigenvalue weighted by atomic mass is 35.5. The van der Waals surface area contributed by atoms with E-state index in [9.17, 15) is 4.79 Å². The Balaban J connectivity index is 1.76. The summed E-state index contributed by atoms with van der Waals surface area (Å²) in [6.07, 6.45) is 2.66. The summed E-state index contributed by atoms with van der Waals surface area (Å²) in [6, 6.07) is 6.06. The van der Waals surface area contributed by atoms with Gasteiger partial charge in [0, 0.05) is 43.7 Å². The fourth-order valence-corrected chi connectivity index (χ4v) is 3.44. The highest BCUT2D eigenvalue weighted by Gasteiger charge is 2.24. The van der Waals surface area contributed by atoms with Crippen LogP contribution in [0.3, 0.4) is 0 Å². The lowest BCUT2D eigenvalue weighted by molar-refractivity contribution is -0.135. The molecule has 1 aliphatic heterocycles. The molecule has 1 saturated heterocycles. The molecule has 1 aromatic carbocycles. The molecule has 0 atom stereocenters. The van der Waals surface area contributed by atoms with Crippen LogP contribution in [0.25, 0.3) is 0 Å². The first kappa shape index (κ1) is 21.4. The van der Waals surface area contributed by atoms with Gasteiger partial charge >= 0.3 is 0 Å². The smallest absolute Gasteiger partial charge is 0.225 e. The van der Waals surface area contributed by atoms with E-state index in [4.69, 9.17) is 16.3 Å². The quantitative estimate of drug-likeness (QED) is 0.575. The maximum absolute atomic E-state index is 12.1. The number of benzene rings is 1. The molecule has 1 heterocycles. The van der Waals surface area contributed by atoms with E-state index in [0.717, 1.165) is 56.2 Å². The zero-order valence-electron chi connectivity index (χ0n) is 16.7. The predicted molar refractivity (Wildman–Crippen MR) is 111 cm³/mol. The van der Waals surface area contributed by atoms with E-state index in [1.54, 1.807) is 14.2 Å². The predicted octanol–water partition coefficient (Wildman–Crippen LogP) is 2.70. The van der Waals surface area contributed by atoms with Gasteiger partial charge in [0.1, 0.15) is 5.75 Å². The minimum absolute atomic E-state index is 0.0636. The maximum Gasteiger partial charge on any atom is 0.225 e. The Morgan fingerprint density at radius 1 is 1.37 bits per heavy atom. The number of guanidine groups is 1. The number of carbonyl (C=O) groups excluding carboxylic acids is 1. The van der Waals surface area contributed by atoms with Crippen LogP contribution >= 0.6 is 11.6 Å². The van der Waals surface area contributed by atoms with Crippen LogP contribution in [-0.4, -0.2) is 56.6 Å². The van der Waals surface area contributed by atoms with Gasteiger partial charge in [-0.3, -0.25) is 9.79 Å². The molecular formula is C20H31ClN4O2. The van der Waals surface area contributed by atoms with E-state index >= 15 is 0 Å². The minimum Gasteiger partial charge on any atom is -0.497 e. The van der Waals surface area contributed by atoms with Crippen molar-refractivity contribution in [2.45, 2.75) is 39.2 Å². The lowest BCUT2D eigenvalue weighted by Crippen LogP contribution is -2.50. The van der Waals surface area contributed by atoms with Crippen molar-refractivity contribution >= 4 is 23.5 Å². The summed E-state index contributed by atoms with van der Waals surface area (Å²) in [7, 11) is 3.40. The lowest BCUT2D eigenvalue weighted by atomic mass is 10.0. The normalized spacial score (nSPS) is 15.8. The van der Waals surface area contributed by atoms with E-state index in [-0.39, 0.29) is 11.8 Å². The van der Waals surface area contributed by atoms with Crippen molar-refractivity contribution in [3.63, 3.8) is 0 Å². The summed E-state index contributed by atoms with van der Waals surface area (Å²) in [4.78, 5) is 18.3. The van der Waals surface area contributed by atoms with E-state index in [1.165, 1.54) is 0 Å². The summed E-state index contributed by atoms with van der Waals surface area (Å²) in [5, 5.41) is 7.51. The number of amides is 1. The number of carbonyl (C=O) groups is 1. The van der Waals surface area contributed by atoms with Crippen molar-refractivity contribution in [3.05, 3.63) is 28.8 Å². The summed E-state index contributed by atoms with van der Waals surface area (Å²) >= 11 is 6.29. The molecular weight excluding hydrogens is 364 g/mol. The first-order chi connectivity index (χ1) is 12.9. The summed E-state index contributed by atoms with van der Waals surface area (Å²) < 4.78 is 5.18. The van der Waals surface area contributed by atoms with Gasteiger partial charge in [-0.05, 0) is 37.0 Å². The average molecular weight is 395 g/mol. The van der Waals surface area contributed by atoms with Crippen LogP contribution in [0.4, 0.5) is 0 Å². The Hall–Kier alpha value is -1.95. The minimum atomic E-state index is 0.0636. The SMILES string of the molecule is CN=C(NCCc1ccc(OC)cc1Cl)NC1CCN(C(=O)C(C)C)CC1. The molecule has 0 unspecified atom stereocenters. The molecule has 0 saturated carbocycles. The molecule has 0 radical (unpaired) electrons. The van der Waals surface area contributed by atoms with Crippen LogP contribution in [-0.2, 0) is 11.2 Å². The number of likely N-dealkylation sites (tertiary alicyclic amines) is 1. The topological polar surface area (TPSA) is 66.0 Å². The van der Waals surface area contributed by atoms with Gasteiger partial charge < -0.3 is 20.3 Å². The first-order valence-electron chi connectivity index (χ1n) is 9.53. The van der Waals surface area contributed by atoms with Crippen LogP contribution < -0.4 is 15.4 Å². The van der Waals surface area contributed by atoms with Crippen molar-refractivity contribution in [1.82, 2.24) is 15.5 Å². The number of rotatable bonds is 6. The third kappa shape index (κ3) is 6.31. The highest BCUT2D eigenvalue weighted by Crippen LogP contribution is 2.22. The van der Waals surface area contributed by atoms with Crippen molar-refractivity contribution in [3.8, 4) is 5.75 Å². The van der Waals surface area contributed by atoms with Crippen LogP contribution in [0.15, 0.2) is 23.2 Å². The molecule has 1 aromatic rings. The van der Waals surface area contributed by atoms with E-state index in [1.807, 2.05) is 36.9 Å². The van der Waals surface area contributed by atoms with Gasteiger partial charge in [0.25, 0.3) is 0 Å². The van der Waals surface area contributed by atoms with Gasteiger partial charge in [-0.1, -0.05) is 31.5 Å². The number of hydrogen-bond acceptors (Lipinski definition) is 3. The summed E-state index contributed by atoms with van der Waals surface area (Å²) in [5.74, 6) is 1.85. The number of halogens is 1. The summed E-state index contributed by atoms with van der Waals surface area (Å²) in [5.41, 5.74) is 1.07. The molecule has 150 valence electrons. The molecule has 0 aromatic heterocycles. The summed E-state index contributed by atoms with van der Waals surface area (Å²) in [6.45, 7) is 6.23. The van der Waals surface area contributed by atoms with Gasteiger partial charge in [0.05, 0.1) is 7.11 Å². The van der Waals surface area contributed by atoms with Crippen LogP contribution in [0.5, 0.6) is 5.75 Å². The van der Waals surface area contributed by atoms with E-state index in [2.05, 4.69) is 15.6 Å². The fourth-order valence-electron chi connectivity index (χ4n) is 3.17. The first-order valence-corrected chi connectivity index (χ1v) is 9.90. The number of aliphatic imine (C=N–C) groups is 1. The van der Waals surface area contributed by atoms with Crippen LogP contribution in [0.2, 0.25) is 5.02 Å². The second kappa shape index (κ2) is 10.4. The lowest BCUT2D eigenvalue weighted by Gasteiger charge is -2.34. The Morgan fingerprint density at radius 2 is 2.07 bits per heavy atom. The third-order valence-electron chi connectivity index (χ3n) is 4.81. The third-order valence-corrected chi connectivity index (χ3v) is 5.16. The molecule has 1 amide bonds. The molecule has 27 heavy (non-hydrogen) atoms. The Labute approximate surface area is 167 Å². The molecule has 0 aliphatic carbocycles. The molecule has 0 spiro atoms. The number of hydrogen-bond donors (Lipinski definition) is 2.